The van der Waals surface area contributed by atoms with Crippen LogP contribution in [-0.4, -0.2) is 50.1 Å². The van der Waals surface area contributed by atoms with E-state index in [-0.39, 0.29) is 5.91 Å². The molecule has 1 fully saturated rings. The Morgan fingerprint density at radius 3 is 2.29 bits per heavy atom. The van der Waals surface area contributed by atoms with Crippen molar-refractivity contribution in [3.05, 3.63) is 65.4 Å². The summed E-state index contributed by atoms with van der Waals surface area (Å²) in [7, 11) is 1.65. The molecule has 2 aromatic carbocycles. The molecule has 1 saturated heterocycles. The van der Waals surface area contributed by atoms with Crippen molar-refractivity contribution in [2.45, 2.75) is 27.2 Å². The number of nitrogens with zero attached hydrogens (tertiary/aromatic N) is 3. The van der Waals surface area contributed by atoms with E-state index in [0.29, 0.717) is 24.9 Å². The molecule has 2 aromatic rings. The Hall–Kier alpha value is -3.28. The molecule has 3 rings (SSSR count). The predicted octanol–water partition coefficient (Wildman–Crippen LogP) is 4.36. The number of anilines is 1. The van der Waals surface area contributed by atoms with Crippen LogP contribution in [0.2, 0.25) is 0 Å². The van der Waals surface area contributed by atoms with Gasteiger partial charge in [-0.1, -0.05) is 24.3 Å². The van der Waals surface area contributed by atoms with Crippen LogP contribution in [0.3, 0.4) is 0 Å². The number of ether oxygens (including phenoxy) is 2. The summed E-state index contributed by atoms with van der Waals surface area (Å²) in [5.74, 6) is 0.982. The molecule has 0 saturated carbocycles. The number of carbonyl (C=O) groups is 1. The van der Waals surface area contributed by atoms with Crippen molar-refractivity contribution in [3.63, 3.8) is 0 Å². The van der Waals surface area contributed by atoms with E-state index < -0.39 is 0 Å². The molecule has 0 N–H and O–H groups in total. The van der Waals surface area contributed by atoms with Crippen molar-refractivity contribution in [1.29, 1.82) is 0 Å². The zero-order valence-corrected chi connectivity index (χ0v) is 18.8. The second-order valence-electron chi connectivity index (χ2n) is 7.19. The van der Waals surface area contributed by atoms with E-state index in [1.807, 2.05) is 43.3 Å². The van der Waals surface area contributed by atoms with Crippen molar-refractivity contribution in [3.8, 4) is 5.75 Å². The normalized spacial score (nSPS) is 16.1. The maximum absolute atomic E-state index is 12.8. The highest BCUT2D eigenvalue weighted by Gasteiger charge is 2.33. The van der Waals surface area contributed by atoms with Gasteiger partial charge in [0.15, 0.2) is 5.76 Å². The van der Waals surface area contributed by atoms with E-state index >= 15 is 0 Å². The van der Waals surface area contributed by atoms with Gasteiger partial charge in [-0.05, 0) is 68.7 Å². The van der Waals surface area contributed by atoms with Gasteiger partial charge in [0.25, 0.3) is 11.9 Å². The fourth-order valence-electron chi connectivity index (χ4n) is 3.50. The minimum atomic E-state index is -0.154. The third-order valence-electron chi connectivity index (χ3n) is 5.33. The van der Waals surface area contributed by atoms with Gasteiger partial charge in [0, 0.05) is 31.9 Å². The number of aliphatic imine (C=N–C) groups is 1. The number of amidine groups is 1. The number of benzene rings is 2. The summed E-state index contributed by atoms with van der Waals surface area (Å²) in [5, 5.41) is 0. The number of hydrogen-bond donors (Lipinski definition) is 0. The Labute approximate surface area is 184 Å². The van der Waals surface area contributed by atoms with Gasteiger partial charge in [0.05, 0.1) is 7.11 Å². The monoisotopic (exact) mass is 421 g/mol. The number of carbonyl (C=O) groups excluding carboxylic acids is 1. The van der Waals surface area contributed by atoms with Crippen LogP contribution >= 0.6 is 0 Å². The van der Waals surface area contributed by atoms with Gasteiger partial charge in [-0.3, -0.25) is 9.69 Å². The first-order valence-electron chi connectivity index (χ1n) is 10.8. The van der Waals surface area contributed by atoms with Gasteiger partial charge in [0.1, 0.15) is 5.75 Å². The van der Waals surface area contributed by atoms with E-state index in [0.717, 1.165) is 36.4 Å². The van der Waals surface area contributed by atoms with E-state index in [1.54, 1.807) is 18.1 Å². The number of methoxy groups -OCH3 is 1. The van der Waals surface area contributed by atoms with Crippen LogP contribution < -0.4 is 9.64 Å². The number of rotatable bonds is 9. The van der Waals surface area contributed by atoms with Crippen molar-refractivity contribution in [2.75, 3.05) is 38.2 Å². The maximum atomic E-state index is 12.8. The molecule has 31 heavy (non-hydrogen) atoms. The Kier molecular flexibility index (Phi) is 7.70. The summed E-state index contributed by atoms with van der Waals surface area (Å²) in [6, 6.07) is 16.4. The number of likely N-dealkylation sites (N-methyl/N-ethyl adjacent to an activating group) is 1. The van der Waals surface area contributed by atoms with Crippen LogP contribution in [0, 0.1) is 0 Å². The van der Waals surface area contributed by atoms with E-state index in [2.05, 4.69) is 35.9 Å². The Morgan fingerprint density at radius 1 is 1.03 bits per heavy atom. The van der Waals surface area contributed by atoms with Crippen LogP contribution in [0.25, 0.3) is 6.08 Å². The topological polar surface area (TPSA) is 54.4 Å². The lowest BCUT2D eigenvalue weighted by Gasteiger charge is -2.20. The summed E-state index contributed by atoms with van der Waals surface area (Å²) in [6.45, 7) is 9.16. The average Bonchev–Trinajstić information content (AvgIpc) is 3.10. The highest BCUT2D eigenvalue weighted by molar-refractivity contribution is 6.11. The molecule has 0 atom stereocenters. The second-order valence-corrected chi connectivity index (χ2v) is 7.19. The fraction of sp³-hybridized carbons (Fsp3) is 0.360. The summed E-state index contributed by atoms with van der Waals surface area (Å²) in [4.78, 5) is 21.1. The lowest BCUT2D eigenvalue weighted by atomic mass is 10.1. The van der Waals surface area contributed by atoms with Gasteiger partial charge in [-0.15, -0.1) is 0 Å². The Balaban J connectivity index is 1.69. The molecule has 0 bridgehead atoms. The molecule has 0 aliphatic carbocycles. The molecular formula is C25H31N3O3. The standard InChI is InChI=1S/C25H31N3O3/c1-5-27(6-2)21-12-8-20(9-13-21)18-23-24(29)28(7-3)25(31-23)26-17-16-19-10-14-22(30-4)15-11-19/h8-15,18H,5-7,16-17H2,1-4H3/b23-18+,26-25-. The molecule has 1 aliphatic rings. The largest absolute Gasteiger partial charge is 0.497 e. The summed E-state index contributed by atoms with van der Waals surface area (Å²) >= 11 is 0. The lowest BCUT2D eigenvalue weighted by Crippen LogP contribution is -2.29. The van der Waals surface area contributed by atoms with Gasteiger partial charge >= 0.3 is 0 Å². The van der Waals surface area contributed by atoms with Crippen LogP contribution in [-0.2, 0) is 16.0 Å². The van der Waals surface area contributed by atoms with Crippen molar-refractivity contribution in [1.82, 2.24) is 4.90 Å². The van der Waals surface area contributed by atoms with Crippen LogP contribution in [0.4, 0.5) is 5.69 Å². The molecule has 1 heterocycles. The molecule has 6 nitrogen and oxygen atoms in total. The molecule has 0 spiro atoms. The van der Waals surface area contributed by atoms with E-state index in [1.165, 1.54) is 5.69 Å². The molecule has 0 unspecified atom stereocenters. The van der Waals surface area contributed by atoms with Gasteiger partial charge in [0.2, 0.25) is 0 Å². The first-order valence-corrected chi connectivity index (χ1v) is 10.8. The SMILES string of the molecule is CCN1C(=O)/C(=C\c2ccc(N(CC)CC)cc2)O/C1=N\CCc1ccc(OC)cc1. The van der Waals surface area contributed by atoms with E-state index in [4.69, 9.17) is 9.47 Å². The number of amides is 1. The quantitative estimate of drug-likeness (QED) is 0.565. The van der Waals surface area contributed by atoms with Crippen molar-refractivity contribution in [2.24, 2.45) is 4.99 Å². The fourth-order valence-corrected chi connectivity index (χ4v) is 3.50. The zero-order valence-electron chi connectivity index (χ0n) is 18.8. The predicted molar refractivity (Wildman–Crippen MR) is 125 cm³/mol. The average molecular weight is 422 g/mol. The maximum Gasteiger partial charge on any atom is 0.300 e. The van der Waals surface area contributed by atoms with Gasteiger partial charge in [-0.25, -0.2) is 4.99 Å². The van der Waals surface area contributed by atoms with Crippen molar-refractivity contribution < 1.29 is 14.3 Å². The summed E-state index contributed by atoms with van der Waals surface area (Å²) in [5.41, 5.74) is 3.25. The first-order chi connectivity index (χ1) is 15.1. The highest BCUT2D eigenvalue weighted by Crippen LogP contribution is 2.22. The molecular weight excluding hydrogens is 390 g/mol. The minimum absolute atomic E-state index is 0.154. The van der Waals surface area contributed by atoms with Crippen molar-refractivity contribution >= 4 is 23.7 Å². The molecule has 0 radical (unpaired) electrons. The molecule has 6 heteroatoms. The second kappa shape index (κ2) is 10.7. The molecule has 1 aliphatic heterocycles. The third kappa shape index (κ3) is 5.45. The van der Waals surface area contributed by atoms with Crippen LogP contribution in [0.15, 0.2) is 59.3 Å². The van der Waals surface area contributed by atoms with Crippen LogP contribution in [0.1, 0.15) is 31.9 Å². The molecule has 0 aromatic heterocycles. The summed E-state index contributed by atoms with van der Waals surface area (Å²) < 4.78 is 11.0. The van der Waals surface area contributed by atoms with Crippen LogP contribution in [0.5, 0.6) is 5.75 Å². The lowest BCUT2D eigenvalue weighted by molar-refractivity contribution is -0.122. The smallest absolute Gasteiger partial charge is 0.300 e. The first kappa shape index (κ1) is 22.4. The zero-order chi connectivity index (χ0) is 22.2. The number of hydrogen-bond acceptors (Lipinski definition) is 5. The Morgan fingerprint density at radius 2 is 1.71 bits per heavy atom. The summed E-state index contributed by atoms with van der Waals surface area (Å²) in [6.07, 6.45) is 2.54. The Bertz CT molecular complexity index is 929. The minimum Gasteiger partial charge on any atom is -0.497 e. The third-order valence-corrected chi connectivity index (χ3v) is 5.33. The molecule has 1 amide bonds. The molecule has 164 valence electrons. The van der Waals surface area contributed by atoms with Gasteiger partial charge < -0.3 is 14.4 Å². The van der Waals surface area contributed by atoms with Gasteiger partial charge in [-0.2, -0.15) is 0 Å². The van der Waals surface area contributed by atoms with E-state index in [9.17, 15) is 4.79 Å². The highest BCUT2D eigenvalue weighted by atomic mass is 16.5.